The highest BCUT2D eigenvalue weighted by atomic mass is 32.2. The summed E-state index contributed by atoms with van der Waals surface area (Å²) in [7, 11) is -8.22. The van der Waals surface area contributed by atoms with Gasteiger partial charge < -0.3 is 14.2 Å². The van der Waals surface area contributed by atoms with Crippen molar-refractivity contribution in [2.75, 3.05) is 19.1 Å². The second-order valence-electron chi connectivity index (χ2n) is 7.34. The van der Waals surface area contributed by atoms with Gasteiger partial charge in [-0.15, -0.1) is 0 Å². The first-order valence-corrected chi connectivity index (χ1v) is 13.4. The molecule has 1 aliphatic heterocycles. The van der Waals surface area contributed by atoms with Gasteiger partial charge in [-0.05, 0) is 17.7 Å². The number of hydrogen-bond donors (Lipinski definition) is 0. The third-order valence-electron chi connectivity index (χ3n) is 4.48. The minimum atomic E-state index is -4.11. The van der Waals surface area contributed by atoms with Gasteiger partial charge >= 0.3 is 5.97 Å². The van der Waals surface area contributed by atoms with Crippen LogP contribution in [0.3, 0.4) is 0 Å². The Kier molecular flexibility index (Phi) is 8.21. The minimum Gasteiger partial charge on any atom is -0.453 e. The number of hydrogen-bond acceptors (Lipinski definition) is 10. The van der Waals surface area contributed by atoms with E-state index >= 15 is 0 Å². The summed E-state index contributed by atoms with van der Waals surface area (Å²) >= 11 is 0. The molecule has 0 N–H and O–H groups in total. The zero-order chi connectivity index (χ0) is 24.1. The largest absolute Gasteiger partial charge is 0.453 e. The van der Waals surface area contributed by atoms with Gasteiger partial charge in [0.05, 0.1) is 31.3 Å². The Hall–Kier alpha value is -2.35. The molecule has 0 unspecified atom stereocenters. The lowest BCUT2D eigenvalue weighted by Crippen LogP contribution is -2.58. The molecule has 12 heteroatoms. The van der Waals surface area contributed by atoms with E-state index in [1.165, 1.54) is 12.1 Å². The van der Waals surface area contributed by atoms with E-state index in [2.05, 4.69) is 0 Å². The molecule has 1 heterocycles. The summed E-state index contributed by atoms with van der Waals surface area (Å²) in [6, 6.07) is 16.9. The van der Waals surface area contributed by atoms with Crippen LogP contribution in [-0.2, 0) is 49.4 Å². The maximum Gasteiger partial charge on any atom is 0.338 e. The van der Waals surface area contributed by atoms with Gasteiger partial charge in [0.25, 0.3) is 20.2 Å². The molecular formula is C21H24O10S2. The van der Waals surface area contributed by atoms with E-state index in [9.17, 15) is 21.6 Å². The molecule has 2 aromatic rings. The summed E-state index contributed by atoms with van der Waals surface area (Å²) in [5.41, 5.74) is 0.969. The van der Waals surface area contributed by atoms with Gasteiger partial charge in [-0.1, -0.05) is 48.5 Å². The van der Waals surface area contributed by atoms with E-state index in [4.69, 9.17) is 22.6 Å². The Morgan fingerprint density at radius 3 is 2.00 bits per heavy atom. The number of esters is 1. The lowest BCUT2D eigenvalue weighted by Gasteiger charge is -2.39. The Bertz CT molecular complexity index is 1130. The molecule has 1 aliphatic rings. The highest BCUT2D eigenvalue weighted by Crippen LogP contribution is 2.28. The molecule has 3 rings (SSSR count). The van der Waals surface area contributed by atoms with Crippen LogP contribution in [0, 0.1) is 0 Å². The number of carbonyl (C=O) groups excluding carboxylic acids is 1. The summed E-state index contributed by atoms with van der Waals surface area (Å²) in [4.78, 5) is 12.5. The van der Waals surface area contributed by atoms with E-state index in [-0.39, 0.29) is 18.8 Å². The van der Waals surface area contributed by atoms with Gasteiger partial charge in [-0.25, -0.2) is 4.79 Å². The highest BCUT2D eigenvalue weighted by molar-refractivity contribution is 7.86. The fourth-order valence-corrected chi connectivity index (χ4v) is 4.38. The van der Waals surface area contributed by atoms with E-state index in [0.717, 1.165) is 18.1 Å². The standard InChI is InChI=1S/C21H24O10S2/c1-32(23,24)30-18-17(29-20(22)16-11-7-4-8-12-16)14-28-21(19(18)31-33(2,25)26)27-13-15-9-5-3-6-10-15/h3-12,17-19,21H,13-14H2,1-2H3/t17-,18+,19+,21-/m0/s1. The summed E-state index contributed by atoms with van der Waals surface area (Å²) < 4.78 is 74.7. The number of benzene rings is 2. The molecule has 180 valence electrons. The van der Waals surface area contributed by atoms with E-state index in [1.54, 1.807) is 42.5 Å². The Morgan fingerprint density at radius 1 is 0.879 bits per heavy atom. The van der Waals surface area contributed by atoms with Gasteiger partial charge in [0.15, 0.2) is 18.5 Å². The van der Waals surface area contributed by atoms with Crippen molar-refractivity contribution in [1.82, 2.24) is 0 Å². The third kappa shape index (κ3) is 7.88. The molecule has 0 bridgehead atoms. The lowest BCUT2D eigenvalue weighted by atomic mass is 10.1. The molecule has 4 atom stereocenters. The predicted octanol–water partition coefficient (Wildman–Crippen LogP) is 1.47. The van der Waals surface area contributed by atoms with Crippen LogP contribution < -0.4 is 0 Å². The fraction of sp³-hybridized carbons (Fsp3) is 0.381. The number of ether oxygens (including phenoxy) is 3. The molecule has 1 fully saturated rings. The van der Waals surface area contributed by atoms with Gasteiger partial charge in [0.2, 0.25) is 0 Å². The number of rotatable bonds is 9. The molecule has 2 aromatic carbocycles. The van der Waals surface area contributed by atoms with Crippen LogP contribution in [0.4, 0.5) is 0 Å². The first-order chi connectivity index (χ1) is 15.5. The van der Waals surface area contributed by atoms with Crippen molar-refractivity contribution in [3.8, 4) is 0 Å². The average molecular weight is 501 g/mol. The summed E-state index contributed by atoms with van der Waals surface area (Å²) in [6.07, 6.45) is -4.15. The lowest BCUT2D eigenvalue weighted by molar-refractivity contribution is -0.260. The topological polar surface area (TPSA) is 132 Å². The van der Waals surface area contributed by atoms with Gasteiger partial charge in [-0.2, -0.15) is 16.8 Å². The maximum absolute atomic E-state index is 12.5. The van der Waals surface area contributed by atoms with Crippen LogP contribution in [0.1, 0.15) is 15.9 Å². The normalized spacial score (nSPS) is 23.7. The highest BCUT2D eigenvalue weighted by Gasteiger charge is 2.48. The molecule has 0 aliphatic carbocycles. The van der Waals surface area contributed by atoms with Crippen LogP contribution in [-0.4, -0.2) is 66.5 Å². The molecule has 0 saturated carbocycles. The molecule has 0 aromatic heterocycles. The smallest absolute Gasteiger partial charge is 0.338 e. The van der Waals surface area contributed by atoms with Crippen LogP contribution in [0.5, 0.6) is 0 Å². The zero-order valence-electron chi connectivity index (χ0n) is 17.9. The monoisotopic (exact) mass is 500 g/mol. The van der Waals surface area contributed by atoms with Crippen molar-refractivity contribution in [2.24, 2.45) is 0 Å². The van der Waals surface area contributed by atoms with E-state index in [1.807, 2.05) is 6.07 Å². The van der Waals surface area contributed by atoms with Gasteiger partial charge in [-0.3, -0.25) is 8.37 Å². The fourth-order valence-electron chi connectivity index (χ4n) is 3.14. The van der Waals surface area contributed by atoms with Gasteiger partial charge in [0.1, 0.15) is 6.10 Å². The Morgan fingerprint density at radius 2 is 1.42 bits per heavy atom. The van der Waals surface area contributed by atoms with Crippen molar-refractivity contribution < 1.29 is 44.2 Å². The van der Waals surface area contributed by atoms with E-state index < -0.39 is 50.8 Å². The molecule has 10 nitrogen and oxygen atoms in total. The summed E-state index contributed by atoms with van der Waals surface area (Å²) in [6.45, 7) is -0.295. The van der Waals surface area contributed by atoms with Crippen LogP contribution in [0.15, 0.2) is 60.7 Å². The zero-order valence-corrected chi connectivity index (χ0v) is 19.5. The first kappa shape index (κ1) is 25.3. The van der Waals surface area contributed by atoms with Crippen LogP contribution in [0.2, 0.25) is 0 Å². The van der Waals surface area contributed by atoms with Crippen LogP contribution >= 0.6 is 0 Å². The van der Waals surface area contributed by atoms with E-state index in [0.29, 0.717) is 0 Å². The third-order valence-corrected chi connectivity index (χ3v) is 5.62. The molecule has 1 saturated heterocycles. The molecule has 33 heavy (non-hydrogen) atoms. The second kappa shape index (κ2) is 10.7. The van der Waals surface area contributed by atoms with Crippen LogP contribution in [0.25, 0.3) is 0 Å². The SMILES string of the molecule is CS(=O)(=O)O[C@H]1[C@@H](OCc2ccccc2)OC[C@H](OC(=O)c2ccccc2)[C@H]1OS(C)(=O)=O. The van der Waals surface area contributed by atoms with Crippen molar-refractivity contribution in [3.05, 3.63) is 71.8 Å². The summed E-state index contributed by atoms with van der Waals surface area (Å²) in [5, 5.41) is 0. The maximum atomic E-state index is 12.5. The molecular weight excluding hydrogens is 476 g/mol. The Balaban J connectivity index is 1.86. The predicted molar refractivity (Wildman–Crippen MR) is 116 cm³/mol. The first-order valence-electron chi connectivity index (χ1n) is 9.81. The minimum absolute atomic E-state index is 0.0230. The van der Waals surface area contributed by atoms with Crippen molar-refractivity contribution in [2.45, 2.75) is 31.2 Å². The molecule has 0 spiro atoms. The quantitative estimate of drug-likeness (QED) is 0.368. The van der Waals surface area contributed by atoms with Crippen molar-refractivity contribution in [1.29, 1.82) is 0 Å². The molecule has 0 amide bonds. The average Bonchev–Trinajstić information content (AvgIpc) is 2.75. The molecule has 0 radical (unpaired) electrons. The van der Waals surface area contributed by atoms with Crippen molar-refractivity contribution >= 4 is 26.2 Å². The van der Waals surface area contributed by atoms with Gasteiger partial charge in [0, 0.05) is 0 Å². The Labute approximate surface area is 192 Å². The number of carbonyl (C=O) groups is 1. The second-order valence-corrected chi connectivity index (χ2v) is 10.5. The van der Waals surface area contributed by atoms with Crippen molar-refractivity contribution in [3.63, 3.8) is 0 Å². The summed E-state index contributed by atoms with van der Waals surface area (Å²) in [5.74, 6) is -0.770.